The number of halogens is 4. The van der Waals surface area contributed by atoms with E-state index in [4.69, 9.17) is 4.42 Å². The summed E-state index contributed by atoms with van der Waals surface area (Å²) in [6, 6.07) is 16.7. The van der Waals surface area contributed by atoms with Gasteiger partial charge >= 0.3 is 6.18 Å². The van der Waals surface area contributed by atoms with Crippen molar-refractivity contribution >= 4 is 29.0 Å². The Balaban J connectivity index is 0.00000289. The second-order valence-corrected chi connectivity index (χ2v) is 7.20. The van der Waals surface area contributed by atoms with Crippen molar-refractivity contribution in [3.8, 4) is 11.1 Å². The van der Waals surface area contributed by atoms with Crippen LogP contribution in [0.15, 0.2) is 77.5 Å². The Morgan fingerprint density at radius 3 is 2.41 bits per heavy atom. The van der Waals surface area contributed by atoms with Crippen LogP contribution in [-0.2, 0) is 12.7 Å². The van der Waals surface area contributed by atoms with Gasteiger partial charge in [-0.05, 0) is 60.5 Å². The first kappa shape index (κ1) is 23.6. The molecule has 4 nitrogen and oxygen atoms in total. The highest BCUT2D eigenvalue weighted by Crippen LogP contribution is 2.32. The maximum Gasteiger partial charge on any atom is 0.416 e. The van der Waals surface area contributed by atoms with E-state index in [1.807, 2.05) is 36.4 Å². The number of benzene rings is 2. The zero-order valence-electron chi connectivity index (χ0n) is 17.2. The highest BCUT2D eigenvalue weighted by molar-refractivity contribution is 5.93. The molecule has 32 heavy (non-hydrogen) atoms. The zero-order valence-corrected chi connectivity index (χ0v) is 18.0. The number of nitrogens with zero attached hydrogens (tertiary/aromatic N) is 1. The standard InChI is InChI=1S/C24H22F3N3O.ClH/c25-24(26,27)19-7-4-17(5-8-19)18-6-9-21-22(10-13-30-23(21)15-18)29-12-2-11-28-16-20-3-1-14-31-20;/h1,3-10,13-15,28H,2,11-12,16H2,(H,29,30);1H. The van der Waals surface area contributed by atoms with Crippen molar-refractivity contribution < 1.29 is 17.6 Å². The summed E-state index contributed by atoms with van der Waals surface area (Å²) < 4.78 is 43.6. The maximum absolute atomic E-state index is 12.8. The van der Waals surface area contributed by atoms with Crippen molar-refractivity contribution in [1.29, 1.82) is 0 Å². The Bertz CT molecular complexity index is 1130. The normalized spacial score (nSPS) is 11.3. The highest BCUT2D eigenvalue weighted by Gasteiger charge is 2.29. The van der Waals surface area contributed by atoms with Crippen molar-refractivity contribution in [2.75, 3.05) is 18.4 Å². The topological polar surface area (TPSA) is 50.1 Å². The lowest BCUT2D eigenvalue weighted by Crippen LogP contribution is -2.17. The molecule has 168 valence electrons. The first-order valence-electron chi connectivity index (χ1n) is 10.0. The molecule has 0 radical (unpaired) electrons. The van der Waals surface area contributed by atoms with E-state index in [-0.39, 0.29) is 12.4 Å². The van der Waals surface area contributed by atoms with Gasteiger partial charge in [0.05, 0.1) is 23.9 Å². The first-order chi connectivity index (χ1) is 15.0. The molecule has 0 atom stereocenters. The third kappa shape index (κ3) is 5.81. The molecular weight excluding hydrogens is 439 g/mol. The van der Waals surface area contributed by atoms with E-state index in [9.17, 15) is 13.2 Å². The third-order valence-electron chi connectivity index (χ3n) is 5.01. The molecule has 2 aromatic carbocycles. The summed E-state index contributed by atoms with van der Waals surface area (Å²) in [4.78, 5) is 4.43. The molecule has 2 aromatic heterocycles. The Hall–Kier alpha value is -3.03. The lowest BCUT2D eigenvalue weighted by Gasteiger charge is -2.11. The molecule has 0 unspecified atom stereocenters. The van der Waals surface area contributed by atoms with Crippen LogP contribution in [0.2, 0.25) is 0 Å². The van der Waals surface area contributed by atoms with E-state index >= 15 is 0 Å². The zero-order chi connectivity index (χ0) is 21.7. The SMILES string of the molecule is Cl.FC(F)(F)c1ccc(-c2ccc3c(NCCCNCc4ccco4)ccnc3c2)cc1. The van der Waals surface area contributed by atoms with E-state index in [1.165, 1.54) is 12.1 Å². The fourth-order valence-electron chi connectivity index (χ4n) is 3.39. The Kier molecular flexibility index (Phi) is 7.77. The van der Waals surface area contributed by atoms with Crippen molar-refractivity contribution in [2.24, 2.45) is 0 Å². The molecule has 0 aliphatic carbocycles. The second-order valence-electron chi connectivity index (χ2n) is 7.20. The van der Waals surface area contributed by atoms with Crippen LogP contribution < -0.4 is 10.6 Å². The molecule has 2 heterocycles. The van der Waals surface area contributed by atoms with Crippen LogP contribution in [0.1, 0.15) is 17.7 Å². The average Bonchev–Trinajstić information content (AvgIpc) is 3.29. The van der Waals surface area contributed by atoms with Gasteiger partial charge in [-0.3, -0.25) is 4.98 Å². The summed E-state index contributed by atoms with van der Waals surface area (Å²) in [5, 5.41) is 7.74. The number of anilines is 1. The van der Waals surface area contributed by atoms with E-state index in [0.717, 1.165) is 65.1 Å². The van der Waals surface area contributed by atoms with Gasteiger partial charge in [0.1, 0.15) is 5.76 Å². The van der Waals surface area contributed by atoms with Crippen molar-refractivity contribution in [2.45, 2.75) is 19.1 Å². The summed E-state index contributed by atoms with van der Waals surface area (Å²) >= 11 is 0. The molecule has 2 N–H and O–H groups in total. The van der Waals surface area contributed by atoms with E-state index in [0.29, 0.717) is 6.54 Å². The van der Waals surface area contributed by atoms with Gasteiger partial charge in [0, 0.05) is 23.8 Å². The Morgan fingerprint density at radius 2 is 1.69 bits per heavy atom. The summed E-state index contributed by atoms with van der Waals surface area (Å²) in [5.74, 6) is 0.914. The number of pyridine rings is 1. The van der Waals surface area contributed by atoms with Gasteiger partial charge in [0.15, 0.2) is 0 Å². The third-order valence-corrected chi connectivity index (χ3v) is 5.01. The molecule has 0 bridgehead atoms. The molecule has 4 aromatic rings. The van der Waals surface area contributed by atoms with Crippen LogP contribution in [0.4, 0.5) is 18.9 Å². The Morgan fingerprint density at radius 1 is 0.906 bits per heavy atom. The molecule has 4 rings (SSSR count). The van der Waals surface area contributed by atoms with Gasteiger partial charge in [-0.2, -0.15) is 13.2 Å². The van der Waals surface area contributed by atoms with Gasteiger partial charge in [-0.1, -0.05) is 24.3 Å². The lowest BCUT2D eigenvalue weighted by molar-refractivity contribution is -0.137. The lowest BCUT2D eigenvalue weighted by atomic mass is 10.0. The maximum atomic E-state index is 12.8. The van der Waals surface area contributed by atoms with Gasteiger partial charge in [0.2, 0.25) is 0 Å². The predicted octanol–water partition coefficient (Wildman–Crippen LogP) is 6.53. The van der Waals surface area contributed by atoms with Crippen molar-refractivity contribution in [3.05, 3.63) is 84.4 Å². The summed E-state index contributed by atoms with van der Waals surface area (Å²) in [6.45, 7) is 2.36. The van der Waals surface area contributed by atoms with Crippen LogP contribution >= 0.6 is 12.4 Å². The van der Waals surface area contributed by atoms with Crippen LogP contribution in [0.3, 0.4) is 0 Å². The molecule has 0 amide bonds. The van der Waals surface area contributed by atoms with Crippen LogP contribution in [-0.4, -0.2) is 18.1 Å². The van der Waals surface area contributed by atoms with Gasteiger partial charge in [-0.25, -0.2) is 0 Å². The number of hydrogen-bond donors (Lipinski definition) is 2. The molecule has 0 saturated heterocycles. The second kappa shape index (κ2) is 10.5. The van der Waals surface area contributed by atoms with Crippen molar-refractivity contribution in [3.63, 3.8) is 0 Å². The number of furan rings is 1. The van der Waals surface area contributed by atoms with Crippen LogP contribution in [0.25, 0.3) is 22.0 Å². The molecular formula is C24H23ClF3N3O. The smallest absolute Gasteiger partial charge is 0.416 e. The van der Waals surface area contributed by atoms with Crippen molar-refractivity contribution in [1.82, 2.24) is 10.3 Å². The minimum absolute atomic E-state index is 0. The quantitative estimate of drug-likeness (QED) is 0.293. The average molecular weight is 462 g/mol. The van der Waals surface area contributed by atoms with Gasteiger partial charge < -0.3 is 15.1 Å². The van der Waals surface area contributed by atoms with E-state index in [1.54, 1.807) is 12.5 Å². The number of nitrogens with one attached hydrogen (secondary N) is 2. The minimum atomic E-state index is -4.33. The molecule has 0 aliphatic heterocycles. The van der Waals surface area contributed by atoms with Crippen LogP contribution in [0, 0.1) is 0 Å². The predicted molar refractivity (Wildman–Crippen MR) is 123 cm³/mol. The Labute approximate surface area is 190 Å². The molecule has 0 fully saturated rings. The first-order valence-corrected chi connectivity index (χ1v) is 10.0. The van der Waals surface area contributed by atoms with Gasteiger partial charge in [0.25, 0.3) is 0 Å². The highest BCUT2D eigenvalue weighted by atomic mass is 35.5. The van der Waals surface area contributed by atoms with E-state index in [2.05, 4.69) is 15.6 Å². The van der Waals surface area contributed by atoms with Gasteiger partial charge in [-0.15, -0.1) is 12.4 Å². The minimum Gasteiger partial charge on any atom is -0.468 e. The fourth-order valence-corrected chi connectivity index (χ4v) is 3.39. The van der Waals surface area contributed by atoms with E-state index < -0.39 is 11.7 Å². The molecule has 8 heteroatoms. The number of aromatic nitrogens is 1. The largest absolute Gasteiger partial charge is 0.468 e. The molecule has 0 aliphatic rings. The number of fused-ring (bicyclic) bond motifs is 1. The summed E-state index contributed by atoms with van der Waals surface area (Å²) in [5.41, 5.74) is 2.67. The number of alkyl halides is 3. The number of rotatable bonds is 8. The summed E-state index contributed by atoms with van der Waals surface area (Å²) in [7, 11) is 0. The molecule has 0 spiro atoms. The monoisotopic (exact) mass is 461 g/mol. The van der Waals surface area contributed by atoms with Crippen LogP contribution in [0.5, 0.6) is 0 Å². The fraction of sp³-hybridized carbons (Fsp3) is 0.208. The number of hydrogen-bond acceptors (Lipinski definition) is 4. The molecule has 0 saturated carbocycles. The summed E-state index contributed by atoms with van der Waals surface area (Å²) in [6.07, 6.45) is -0.00105.